The van der Waals surface area contributed by atoms with Crippen molar-refractivity contribution < 1.29 is 9.53 Å². The molecular formula is C15H22ClN3O2. The lowest BCUT2D eigenvalue weighted by atomic mass is 10.3. The Kier molecular flexibility index (Phi) is 6.29. The largest absolute Gasteiger partial charge is 0.481 e. The summed E-state index contributed by atoms with van der Waals surface area (Å²) in [7, 11) is 0. The van der Waals surface area contributed by atoms with E-state index in [4.69, 9.17) is 16.3 Å². The van der Waals surface area contributed by atoms with Crippen LogP contribution in [0, 0.1) is 0 Å². The molecule has 21 heavy (non-hydrogen) atoms. The quantitative estimate of drug-likeness (QED) is 0.827. The van der Waals surface area contributed by atoms with Crippen LogP contribution in [-0.2, 0) is 4.79 Å². The molecule has 6 heteroatoms. The van der Waals surface area contributed by atoms with Gasteiger partial charge in [0, 0.05) is 44.3 Å². The first-order valence-corrected chi connectivity index (χ1v) is 7.66. The third kappa shape index (κ3) is 5.53. The zero-order chi connectivity index (χ0) is 15.1. The summed E-state index contributed by atoms with van der Waals surface area (Å²) in [6.07, 6.45) is -0.536. The zero-order valence-electron chi connectivity index (χ0n) is 12.3. The molecule has 1 aromatic rings. The van der Waals surface area contributed by atoms with Crippen molar-refractivity contribution in [2.45, 2.75) is 13.0 Å². The van der Waals surface area contributed by atoms with Crippen molar-refractivity contribution in [3.8, 4) is 5.75 Å². The summed E-state index contributed by atoms with van der Waals surface area (Å²) in [5, 5.41) is 6.81. The van der Waals surface area contributed by atoms with Crippen LogP contribution in [0.25, 0.3) is 0 Å². The molecule has 1 saturated heterocycles. The highest BCUT2D eigenvalue weighted by Gasteiger charge is 2.15. The molecule has 116 valence electrons. The van der Waals surface area contributed by atoms with E-state index in [0.717, 1.165) is 32.7 Å². The number of hydrogen-bond acceptors (Lipinski definition) is 4. The smallest absolute Gasteiger partial charge is 0.260 e. The Balaban J connectivity index is 1.69. The van der Waals surface area contributed by atoms with E-state index in [-0.39, 0.29) is 5.91 Å². The number of hydrogen-bond donors (Lipinski definition) is 2. The second-order valence-electron chi connectivity index (χ2n) is 5.10. The van der Waals surface area contributed by atoms with Crippen molar-refractivity contribution in [1.29, 1.82) is 0 Å². The number of benzene rings is 1. The number of halogens is 1. The van der Waals surface area contributed by atoms with Crippen LogP contribution in [0.3, 0.4) is 0 Å². The van der Waals surface area contributed by atoms with Gasteiger partial charge in [-0.05, 0) is 25.1 Å². The number of amides is 1. The molecule has 2 rings (SSSR count). The number of carbonyl (C=O) groups excluding carboxylic acids is 1. The lowest BCUT2D eigenvalue weighted by Gasteiger charge is -2.27. The monoisotopic (exact) mass is 311 g/mol. The maximum absolute atomic E-state index is 12.0. The lowest BCUT2D eigenvalue weighted by molar-refractivity contribution is -0.127. The summed E-state index contributed by atoms with van der Waals surface area (Å²) in [5.74, 6) is 0.498. The van der Waals surface area contributed by atoms with Gasteiger partial charge in [0.1, 0.15) is 5.75 Å². The molecule has 2 N–H and O–H groups in total. The molecule has 0 aliphatic carbocycles. The van der Waals surface area contributed by atoms with Crippen molar-refractivity contribution in [2.24, 2.45) is 0 Å². The van der Waals surface area contributed by atoms with Gasteiger partial charge in [0.2, 0.25) is 0 Å². The van der Waals surface area contributed by atoms with Gasteiger partial charge in [-0.1, -0.05) is 17.7 Å². The van der Waals surface area contributed by atoms with Crippen molar-refractivity contribution in [3.63, 3.8) is 0 Å². The van der Waals surface area contributed by atoms with Crippen LogP contribution in [0.1, 0.15) is 6.92 Å². The molecule has 1 aliphatic heterocycles. The molecule has 5 nitrogen and oxygen atoms in total. The van der Waals surface area contributed by atoms with Crippen LogP contribution < -0.4 is 15.4 Å². The number of ether oxygens (including phenoxy) is 1. The van der Waals surface area contributed by atoms with Gasteiger partial charge < -0.3 is 15.4 Å². The van der Waals surface area contributed by atoms with Crippen molar-refractivity contribution in [2.75, 3.05) is 39.3 Å². The Morgan fingerprint density at radius 1 is 1.48 bits per heavy atom. The highest BCUT2D eigenvalue weighted by Crippen LogP contribution is 2.18. The number of rotatable bonds is 6. The first-order chi connectivity index (χ1) is 10.1. The van der Waals surface area contributed by atoms with Gasteiger partial charge in [0.25, 0.3) is 5.91 Å². The molecule has 1 atom stereocenters. The molecule has 0 bridgehead atoms. The lowest BCUT2D eigenvalue weighted by Crippen LogP contribution is -2.47. The van der Waals surface area contributed by atoms with Gasteiger partial charge in [0.05, 0.1) is 0 Å². The second kappa shape index (κ2) is 8.22. The molecule has 1 heterocycles. The Morgan fingerprint density at radius 3 is 2.95 bits per heavy atom. The molecule has 0 spiro atoms. The normalized spacial score (nSPS) is 17.2. The number of nitrogens with one attached hydrogen (secondary N) is 2. The number of carbonyl (C=O) groups is 1. The molecule has 0 saturated carbocycles. The van der Waals surface area contributed by atoms with E-state index >= 15 is 0 Å². The van der Waals surface area contributed by atoms with Crippen molar-refractivity contribution in [1.82, 2.24) is 15.5 Å². The zero-order valence-corrected chi connectivity index (χ0v) is 13.0. The molecule has 1 aromatic carbocycles. The van der Waals surface area contributed by atoms with E-state index in [1.54, 1.807) is 31.2 Å². The van der Waals surface area contributed by atoms with E-state index < -0.39 is 6.10 Å². The van der Waals surface area contributed by atoms with Gasteiger partial charge in [-0.3, -0.25) is 9.69 Å². The van der Waals surface area contributed by atoms with Crippen LogP contribution >= 0.6 is 11.6 Å². The molecule has 1 fully saturated rings. The maximum Gasteiger partial charge on any atom is 0.260 e. The minimum atomic E-state index is -0.536. The third-order valence-electron chi connectivity index (χ3n) is 3.42. The fraction of sp³-hybridized carbons (Fsp3) is 0.533. The molecule has 1 aliphatic rings. The summed E-state index contributed by atoms with van der Waals surface area (Å²) in [6.45, 7) is 7.35. The van der Waals surface area contributed by atoms with Gasteiger partial charge in [-0.2, -0.15) is 0 Å². The Labute approximate surface area is 130 Å². The molecule has 0 aromatic heterocycles. The Bertz CT molecular complexity index is 464. The summed E-state index contributed by atoms with van der Waals surface area (Å²) in [5.41, 5.74) is 0. The highest BCUT2D eigenvalue weighted by atomic mass is 35.5. The first kappa shape index (κ1) is 16.1. The van der Waals surface area contributed by atoms with E-state index in [1.807, 2.05) is 0 Å². The van der Waals surface area contributed by atoms with Gasteiger partial charge in [-0.25, -0.2) is 0 Å². The van der Waals surface area contributed by atoms with Crippen LogP contribution in [0.5, 0.6) is 5.75 Å². The van der Waals surface area contributed by atoms with E-state index in [1.165, 1.54) is 0 Å². The molecular weight excluding hydrogens is 290 g/mol. The average molecular weight is 312 g/mol. The summed E-state index contributed by atoms with van der Waals surface area (Å²) in [4.78, 5) is 14.3. The maximum atomic E-state index is 12.0. The topological polar surface area (TPSA) is 53.6 Å². The van der Waals surface area contributed by atoms with Crippen LogP contribution in [0.15, 0.2) is 24.3 Å². The van der Waals surface area contributed by atoms with E-state index in [2.05, 4.69) is 15.5 Å². The van der Waals surface area contributed by atoms with Crippen LogP contribution in [0.2, 0.25) is 5.02 Å². The average Bonchev–Trinajstić information content (AvgIpc) is 2.48. The Morgan fingerprint density at radius 2 is 2.24 bits per heavy atom. The second-order valence-corrected chi connectivity index (χ2v) is 5.54. The fourth-order valence-corrected chi connectivity index (χ4v) is 2.39. The minimum absolute atomic E-state index is 0.106. The number of piperazine rings is 1. The molecule has 1 amide bonds. The van der Waals surface area contributed by atoms with Gasteiger partial charge in [-0.15, -0.1) is 0 Å². The SMILES string of the molecule is CC(Oc1cccc(Cl)c1)C(=O)NCCN1CCNCC1. The van der Waals surface area contributed by atoms with Crippen molar-refractivity contribution in [3.05, 3.63) is 29.3 Å². The van der Waals surface area contributed by atoms with Crippen LogP contribution in [-0.4, -0.2) is 56.2 Å². The molecule has 0 radical (unpaired) electrons. The van der Waals surface area contributed by atoms with Crippen molar-refractivity contribution >= 4 is 17.5 Å². The van der Waals surface area contributed by atoms with E-state index in [9.17, 15) is 4.79 Å². The van der Waals surface area contributed by atoms with E-state index in [0.29, 0.717) is 17.3 Å². The van der Waals surface area contributed by atoms with Gasteiger partial charge >= 0.3 is 0 Å². The fourth-order valence-electron chi connectivity index (χ4n) is 2.21. The third-order valence-corrected chi connectivity index (χ3v) is 3.65. The first-order valence-electron chi connectivity index (χ1n) is 7.28. The highest BCUT2D eigenvalue weighted by molar-refractivity contribution is 6.30. The summed E-state index contributed by atoms with van der Waals surface area (Å²) >= 11 is 5.89. The predicted octanol–water partition coefficient (Wildman–Crippen LogP) is 1.13. The minimum Gasteiger partial charge on any atom is -0.481 e. The predicted molar refractivity (Wildman–Crippen MR) is 83.9 cm³/mol. The standard InChI is InChI=1S/C15H22ClN3O2/c1-12(21-14-4-2-3-13(16)11-14)15(20)18-7-10-19-8-5-17-6-9-19/h2-4,11-12,17H,5-10H2,1H3,(H,18,20). The Hall–Kier alpha value is -1.30. The summed E-state index contributed by atoms with van der Waals surface area (Å²) < 4.78 is 5.58. The number of nitrogens with zero attached hydrogens (tertiary/aromatic N) is 1. The molecule has 1 unspecified atom stereocenters. The van der Waals surface area contributed by atoms with Crippen LogP contribution in [0.4, 0.5) is 0 Å². The van der Waals surface area contributed by atoms with Gasteiger partial charge in [0.15, 0.2) is 6.10 Å². The summed E-state index contributed by atoms with van der Waals surface area (Å²) in [6, 6.07) is 7.06.